The maximum Gasteiger partial charge on any atom is 0.231 e. The average Bonchev–Trinajstić information content (AvgIpc) is 3.88. The molecule has 10 rings (SSSR count). The molecule has 2 N–H and O–H groups in total. The van der Waals surface area contributed by atoms with Crippen LogP contribution in [0.3, 0.4) is 0 Å². The number of benzene rings is 4. The van der Waals surface area contributed by atoms with E-state index in [2.05, 4.69) is 52.1 Å². The number of hydrogen-bond donors (Lipinski definition) is 2. The van der Waals surface area contributed by atoms with E-state index in [1.54, 1.807) is 14.2 Å². The fourth-order valence-electron chi connectivity index (χ4n) is 8.32. The third kappa shape index (κ3) is 6.67. The molecule has 0 saturated carbocycles. The summed E-state index contributed by atoms with van der Waals surface area (Å²) >= 11 is 0. The third-order valence-electron chi connectivity index (χ3n) is 10.9. The first kappa shape index (κ1) is 36.8. The first-order chi connectivity index (χ1) is 26.6. The minimum atomic E-state index is -0.0435. The van der Waals surface area contributed by atoms with Gasteiger partial charge in [-0.05, 0) is 82.9 Å². The SMILES string of the molecule is COc1ccc2c(c1OCCO)CN1CCc3cc4c(cc3C1C2)OCO4.COc1ccc2cc3[n+](cc2c1OCCO)CCc1cc2c(cc1-3)OCO2.Cl. The number of aliphatic hydroxyl groups excluding tert-OH is 2. The highest BCUT2D eigenvalue weighted by Crippen LogP contribution is 2.47. The highest BCUT2D eigenvalue weighted by atomic mass is 35.5. The zero-order valence-corrected chi connectivity index (χ0v) is 31.6. The van der Waals surface area contributed by atoms with E-state index >= 15 is 0 Å². The van der Waals surface area contributed by atoms with Crippen molar-refractivity contribution < 1.29 is 52.7 Å². The fraction of sp³-hybridized carbons (Fsp3) is 0.357. The number of ether oxygens (including phenoxy) is 8. The Morgan fingerprint density at radius 2 is 1.40 bits per heavy atom. The number of aryl methyl sites for hydroxylation is 2. The van der Waals surface area contributed by atoms with Crippen LogP contribution in [0.4, 0.5) is 0 Å². The second kappa shape index (κ2) is 15.5. The molecule has 0 fully saturated rings. The average molecular weight is 772 g/mol. The van der Waals surface area contributed by atoms with Crippen LogP contribution in [-0.2, 0) is 32.4 Å². The Balaban J connectivity index is 0.000000153. The lowest BCUT2D eigenvalue weighted by Gasteiger charge is -2.42. The zero-order chi connectivity index (χ0) is 36.8. The number of pyridine rings is 1. The Bertz CT molecular complexity index is 2250. The van der Waals surface area contributed by atoms with E-state index in [-0.39, 0.29) is 45.6 Å². The summed E-state index contributed by atoms with van der Waals surface area (Å²) in [4.78, 5) is 2.50. The van der Waals surface area contributed by atoms with Crippen LogP contribution in [0.5, 0.6) is 46.0 Å². The fourth-order valence-corrected chi connectivity index (χ4v) is 8.32. The first-order valence-electron chi connectivity index (χ1n) is 18.4. The van der Waals surface area contributed by atoms with E-state index in [0.29, 0.717) is 24.3 Å². The largest absolute Gasteiger partial charge is 0.493 e. The normalized spacial score (nSPS) is 16.6. The highest BCUT2D eigenvalue weighted by molar-refractivity contribution is 5.91. The minimum absolute atomic E-state index is 0. The Morgan fingerprint density at radius 1 is 0.745 bits per heavy atom. The van der Waals surface area contributed by atoms with E-state index in [0.717, 1.165) is 89.9 Å². The molecule has 0 aliphatic carbocycles. The van der Waals surface area contributed by atoms with Crippen LogP contribution in [0.25, 0.3) is 22.0 Å². The van der Waals surface area contributed by atoms with Crippen LogP contribution in [0.1, 0.15) is 33.9 Å². The predicted octanol–water partition coefficient (Wildman–Crippen LogP) is 5.33. The number of halogens is 1. The van der Waals surface area contributed by atoms with Gasteiger partial charge in [-0.2, -0.15) is 4.57 Å². The molecular weight excluding hydrogens is 728 g/mol. The van der Waals surface area contributed by atoms with Gasteiger partial charge in [0.1, 0.15) is 13.2 Å². The maximum atomic E-state index is 9.17. The molecule has 5 aromatic rings. The van der Waals surface area contributed by atoms with Gasteiger partial charge in [-0.25, -0.2) is 0 Å². The van der Waals surface area contributed by atoms with Crippen LogP contribution in [0.15, 0.2) is 60.8 Å². The van der Waals surface area contributed by atoms with Crippen molar-refractivity contribution in [2.45, 2.75) is 38.4 Å². The third-order valence-corrected chi connectivity index (χ3v) is 10.9. The van der Waals surface area contributed by atoms with Gasteiger partial charge in [0.2, 0.25) is 19.3 Å². The van der Waals surface area contributed by atoms with Gasteiger partial charge in [-0.15, -0.1) is 12.4 Å². The number of aromatic nitrogens is 1. The van der Waals surface area contributed by atoms with Gasteiger partial charge < -0.3 is 48.1 Å². The van der Waals surface area contributed by atoms with E-state index in [4.69, 9.17) is 43.0 Å². The van der Waals surface area contributed by atoms with Gasteiger partial charge in [-0.3, -0.25) is 4.90 Å². The van der Waals surface area contributed by atoms with Crippen LogP contribution in [-0.4, -0.2) is 75.9 Å². The Labute approximate surface area is 325 Å². The van der Waals surface area contributed by atoms with Crippen LogP contribution >= 0.6 is 12.4 Å². The molecule has 5 aliphatic rings. The maximum absolute atomic E-state index is 9.17. The summed E-state index contributed by atoms with van der Waals surface area (Å²) in [5.41, 5.74) is 8.71. The van der Waals surface area contributed by atoms with Crippen molar-refractivity contribution in [1.82, 2.24) is 4.90 Å². The van der Waals surface area contributed by atoms with Crippen molar-refractivity contribution in [1.29, 1.82) is 0 Å². The first-order valence-corrected chi connectivity index (χ1v) is 18.4. The summed E-state index contributed by atoms with van der Waals surface area (Å²) in [6.07, 6.45) is 4.94. The van der Waals surface area contributed by atoms with E-state index < -0.39 is 0 Å². The van der Waals surface area contributed by atoms with Crippen molar-refractivity contribution in [3.05, 3.63) is 88.6 Å². The van der Waals surface area contributed by atoms with Crippen molar-refractivity contribution in [2.24, 2.45) is 0 Å². The standard InChI is InChI=1S/C21H23NO5.C21H20NO5.ClH/c2*1-24-18-3-2-13-8-17-15-10-20-19(26-12-27-20)9-14(15)4-5-22(17)11-16(13)21(18)25-7-6-23;/h2-3,9-10,17,23H,4-8,11-12H2,1H3;2-3,8-11,23H,4-7,12H2,1H3;1H/q;+1;. The predicted molar refractivity (Wildman–Crippen MR) is 204 cm³/mol. The van der Waals surface area contributed by atoms with Crippen LogP contribution in [0.2, 0.25) is 0 Å². The number of methoxy groups -OCH3 is 2. The van der Waals surface area contributed by atoms with Crippen molar-refractivity contribution in [2.75, 3.05) is 60.8 Å². The van der Waals surface area contributed by atoms with Crippen LogP contribution < -0.4 is 42.5 Å². The molecule has 0 spiro atoms. The van der Waals surface area contributed by atoms with Crippen LogP contribution in [0, 0.1) is 0 Å². The van der Waals surface area contributed by atoms with E-state index in [1.165, 1.54) is 33.4 Å². The molecular formula is C42H44ClN2O10+. The van der Waals surface area contributed by atoms with Crippen molar-refractivity contribution >= 4 is 23.2 Å². The summed E-state index contributed by atoms with van der Waals surface area (Å²) in [5.74, 6) is 6.15. The van der Waals surface area contributed by atoms with Gasteiger partial charge in [0.05, 0.1) is 38.4 Å². The lowest BCUT2D eigenvalue weighted by atomic mass is 9.83. The summed E-state index contributed by atoms with van der Waals surface area (Å²) in [7, 11) is 3.27. The molecule has 0 amide bonds. The monoisotopic (exact) mass is 771 g/mol. The van der Waals surface area contributed by atoms with Crippen molar-refractivity contribution in [3.8, 4) is 57.3 Å². The number of fused-ring (bicyclic) bond motifs is 10. The molecule has 1 unspecified atom stereocenters. The number of aliphatic hydroxyl groups is 2. The summed E-state index contributed by atoms with van der Waals surface area (Å²) in [6.45, 7) is 3.69. The summed E-state index contributed by atoms with van der Waals surface area (Å²) < 4.78 is 47.1. The topological polar surface area (TPSA) is 121 Å². The molecule has 6 heterocycles. The molecule has 13 heteroatoms. The van der Waals surface area contributed by atoms with Crippen molar-refractivity contribution in [3.63, 3.8) is 0 Å². The Morgan fingerprint density at radius 3 is 2.13 bits per heavy atom. The lowest BCUT2D eigenvalue weighted by molar-refractivity contribution is -0.686. The second-order valence-corrected chi connectivity index (χ2v) is 13.8. The smallest absolute Gasteiger partial charge is 0.231 e. The molecule has 12 nitrogen and oxygen atoms in total. The second-order valence-electron chi connectivity index (χ2n) is 13.8. The van der Waals surface area contributed by atoms with Gasteiger partial charge >= 0.3 is 0 Å². The Kier molecular flexibility index (Phi) is 10.4. The lowest BCUT2D eigenvalue weighted by Crippen LogP contribution is -2.40. The summed E-state index contributed by atoms with van der Waals surface area (Å²) in [5, 5.41) is 20.3. The number of hydrogen-bond acceptors (Lipinski definition) is 11. The minimum Gasteiger partial charge on any atom is -0.493 e. The number of rotatable bonds is 8. The molecule has 1 atom stereocenters. The van der Waals surface area contributed by atoms with E-state index in [9.17, 15) is 5.11 Å². The quantitative estimate of drug-likeness (QED) is 0.199. The van der Waals surface area contributed by atoms with Gasteiger partial charge in [0, 0.05) is 37.2 Å². The molecule has 55 heavy (non-hydrogen) atoms. The molecule has 288 valence electrons. The molecule has 0 radical (unpaired) electrons. The zero-order valence-electron chi connectivity index (χ0n) is 30.8. The summed E-state index contributed by atoms with van der Waals surface area (Å²) in [6, 6.07) is 19.0. The highest BCUT2D eigenvalue weighted by Gasteiger charge is 2.36. The molecule has 5 aliphatic heterocycles. The van der Waals surface area contributed by atoms with Gasteiger partial charge in [0.15, 0.2) is 58.7 Å². The Hall–Kier alpha value is -5.14. The molecule has 4 aromatic carbocycles. The van der Waals surface area contributed by atoms with Gasteiger partial charge in [-0.1, -0.05) is 6.07 Å². The van der Waals surface area contributed by atoms with E-state index in [1.807, 2.05) is 18.2 Å². The molecule has 0 bridgehead atoms. The van der Waals surface area contributed by atoms with Gasteiger partial charge in [0.25, 0.3) is 0 Å². The number of nitrogens with zero attached hydrogens (tertiary/aromatic N) is 2. The molecule has 0 saturated heterocycles. The molecule has 1 aromatic heterocycles.